The van der Waals surface area contributed by atoms with Crippen molar-refractivity contribution < 1.29 is 19.1 Å². The molecule has 0 fully saturated rings. The molecule has 36 heavy (non-hydrogen) atoms. The van der Waals surface area contributed by atoms with E-state index >= 15 is 0 Å². The zero-order chi connectivity index (χ0) is 25.7. The Labute approximate surface area is 220 Å². The highest BCUT2D eigenvalue weighted by atomic mass is 35.5. The molecule has 0 aliphatic heterocycles. The van der Waals surface area contributed by atoms with Gasteiger partial charge in [0.05, 0.1) is 18.7 Å². The minimum Gasteiger partial charge on any atom is -0.481 e. The van der Waals surface area contributed by atoms with Crippen LogP contribution in [0.1, 0.15) is 22.3 Å². The average Bonchev–Trinajstić information content (AvgIpc) is 3.32. The largest absolute Gasteiger partial charge is 0.481 e. The fourth-order valence-corrected chi connectivity index (χ4v) is 4.90. The lowest BCUT2D eigenvalue weighted by Gasteiger charge is -2.23. The van der Waals surface area contributed by atoms with E-state index in [0.29, 0.717) is 33.0 Å². The molecule has 4 rings (SSSR count). The van der Waals surface area contributed by atoms with Gasteiger partial charge in [-0.2, -0.15) is 0 Å². The van der Waals surface area contributed by atoms with Gasteiger partial charge in [0.15, 0.2) is 5.13 Å². The van der Waals surface area contributed by atoms with Crippen molar-refractivity contribution in [1.82, 2.24) is 10.3 Å². The summed E-state index contributed by atoms with van der Waals surface area (Å²) in [6, 6.07) is 18.3. The van der Waals surface area contributed by atoms with Crippen molar-refractivity contribution in [3.63, 3.8) is 0 Å². The number of halogens is 3. The minimum absolute atomic E-state index is 0.0445. The highest BCUT2D eigenvalue weighted by Crippen LogP contribution is 2.34. The molecule has 4 aromatic rings. The number of nitrogens with zero attached hydrogens (tertiary/aromatic N) is 2. The van der Waals surface area contributed by atoms with E-state index in [9.17, 15) is 14.0 Å². The molecule has 0 atom stereocenters. The molecule has 3 aromatic carbocycles. The molecule has 0 unspecified atom stereocenters. The Balaban J connectivity index is 1.63. The van der Waals surface area contributed by atoms with E-state index in [4.69, 9.17) is 33.3 Å². The Kier molecular flexibility index (Phi) is 8.20. The molecule has 1 heterocycles. The Hall–Kier alpha value is -3.46. The van der Waals surface area contributed by atoms with Gasteiger partial charge in [-0.1, -0.05) is 23.2 Å². The van der Waals surface area contributed by atoms with Crippen LogP contribution in [0.2, 0.25) is 10.0 Å². The van der Waals surface area contributed by atoms with Crippen LogP contribution < -0.4 is 10.2 Å². The third-order valence-electron chi connectivity index (χ3n) is 5.19. The van der Waals surface area contributed by atoms with Gasteiger partial charge >= 0.3 is 5.97 Å². The number of nitrogens with one attached hydrogen (secondary N) is 1. The van der Waals surface area contributed by atoms with Crippen LogP contribution in [0.5, 0.6) is 0 Å². The number of carbonyl (C=O) groups excluding carboxylic acids is 1. The fourth-order valence-electron chi connectivity index (χ4n) is 3.47. The first kappa shape index (κ1) is 25.6. The molecule has 1 aromatic heterocycles. The first-order valence-corrected chi connectivity index (χ1v) is 12.5. The predicted molar refractivity (Wildman–Crippen MR) is 141 cm³/mol. The van der Waals surface area contributed by atoms with Crippen molar-refractivity contribution in [3.8, 4) is 11.3 Å². The Morgan fingerprint density at radius 3 is 2.31 bits per heavy atom. The van der Waals surface area contributed by atoms with Gasteiger partial charge < -0.3 is 15.3 Å². The molecule has 0 bridgehead atoms. The summed E-state index contributed by atoms with van der Waals surface area (Å²) in [7, 11) is 0. The highest BCUT2D eigenvalue weighted by Gasteiger charge is 2.17. The second-order valence-corrected chi connectivity index (χ2v) is 9.54. The Morgan fingerprint density at radius 2 is 1.67 bits per heavy atom. The molecule has 10 heteroatoms. The van der Waals surface area contributed by atoms with E-state index in [1.807, 2.05) is 22.4 Å². The number of hydrogen-bond donors (Lipinski definition) is 2. The van der Waals surface area contributed by atoms with Crippen molar-refractivity contribution >= 4 is 57.2 Å². The molecule has 2 N–H and O–H groups in total. The molecule has 0 spiro atoms. The molecule has 0 radical (unpaired) electrons. The summed E-state index contributed by atoms with van der Waals surface area (Å²) in [4.78, 5) is 29.7. The zero-order valence-electron chi connectivity index (χ0n) is 18.7. The van der Waals surface area contributed by atoms with Crippen LogP contribution >= 0.6 is 34.5 Å². The van der Waals surface area contributed by atoms with Gasteiger partial charge in [-0.25, -0.2) is 9.37 Å². The fraction of sp³-hybridized carbons (Fsp3) is 0.115. The summed E-state index contributed by atoms with van der Waals surface area (Å²) < 4.78 is 13.4. The van der Waals surface area contributed by atoms with Crippen LogP contribution in [0.3, 0.4) is 0 Å². The maximum absolute atomic E-state index is 13.4. The van der Waals surface area contributed by atoms with Crippen molar-refractivity contribution in [2.24, 2.45) is 0 Å². The maximum Gasteiger partial charge on any atom is 0.305 e. The maximum atomic E-state index is 13.4. The molecule has 0 aliphatic carbocycles. The predicted octanol–water partition coefficient (Wildman–Crippen LogP) is 6.80. The standard InChI is InChI=1S/C26H20Cl2FN3O3S/c27-19-11-16(12-20(28)13-19)14-32(26-31-23(15-36-26)17-1-5-21(29)6-2-17)22-7-3-18(4-8-22)25(35)30-10-9-24(33)34/h1-8,11-13,15H,9-10,14H2,(H,30,35)(H,33,34). The summed E-state index contributed by atoms with van der Waals surface area (Å²) in [6.45, 7) is 0.448. The van der Waals surface area contributed by atoms with Crippen molar-refractivity contribution in [1.29, 1.82) is 0 Å². The quantitative estimate of drug-likeness (QED) is 0.242. The second-order valence-electron chi connectivity index (χ2n) is 7.83. The first-order chi connectivity index (χ1) is 17.3. The van der Waals surface area contributed by atoms with E-state index < -0.39 is 5.97 Å². The number of aromatic nitrogens is 1. The molecule has 6 nitrogen and oxygen atoms in total. The van der Waals surface area contributed by atoms with Gasteiger partial charge in [-0.15, -0.1) is 11.3 Å². The second kappa shape index (κ2) is 11.5. The number of carboxylic acids is 1. The minimum atomic E-state index is -0.981. The Bertz CT molecular complexity index is 1360. The van der Waals surface area contributed by atoms with Crippen LogP contribution in [-0.2, 0) is 11.3 Å². The van der Waals surface area contributed by atoms with E-state index in [0.717, 1.165) is 16.8 Å². The number of anilines is 2. The third kappa shape index (κ3) is 6.60. The highest BCUT2D eigenvalue weighted by molar-refractivity contribution is 7.14. The summed E-state index contributed by atoms with van der Waals surface area (Å²) in [6.07, 6.45) is -0.153. The lowest BCUT2D eigenvalue weighted by Crippen LogP contribution is -2.26. The van der Waals surface area contributed by atoms with Crippen LogP contribution in [0.25, 0.3) is 11.3 Å². The summed E-state index contributed by atoms with van der Waals surface area (Å²) in [5, 5.41) is 14.9. The topological polar surface area (TPSA) is 82.5 Å². The average molecular weight is 544 g/mol. The van der Waals surface area contributed by atoms with Crippen molar-refractivity contribution in [3.05, 3.63) is 99.1 Å². The smallest absolute Gasteiger partial charge is 0.305 e. The number of thiazole rings is 1. The lowest BCUT2D eigenvalue weighted by atomic mass is 10.1. The van der Waals surface area contributed by atoms with Gasteiger partial charge in [0.1, 0.15) is 5.82 Å². The van der Waals surface area contributed by atoms with Gasteiger partial charge in [0.25, 0.3) is 5.91 Å². The van der Waals surface area contributed by atoms with Crippen molar-refractivity contribution in [2.75, 3.05) is 11.4 Å². The summed E-state index contributed by atoms with van der Waals surface area (Å²) >= 11 is 13.8. The van der Waals surface area contributed by atoms with E-state index in [2.05, 4.69) is 5.32 Å². The number of rotatable bonds is 9. The summed E-state index contributed by atoms with van der Waals surface area (Å²) in [5.74, 6) is -1.66. The monoisotopic (exact) mass is 543 g/mol. The Morgan fingerprint density at radius 1 is 1.00 bits per heavy atom. The SMILES string of the molecule is O=C(O)CCNC(=O)c1ccc(N(Cc2cc(Cl)cc(Cl)c2)c2nc(-c3ccc(F)cc3)cs2)cc1. The number of benzene rings is 3. The van der Waals surface area contributed by atoms with Gasteiger partial charge in [-0.05, 0) is 72.3 Å². The first-order valence-electron chi connectivity index (χ1n) is 10.8. The molecule has 0 aliphatic rings. The summed E-state index contributed by atoms with van der Waals surface area (Å²) in [5.41, 5.74) is 3.53. The molecule has 0 saturated heterocycles. The molecule has 1 amide bonds. The normalized spacial score (nSPS) is 10.8. The zero-order valence-corrected chi connectivity index (χ0v) is 21.1. The number of carbonyl (C=O) groups is 2. The molecule has 184 valence electrons. The van der Waals surface area contributed by atoms with Crippen molar-refractivity contribution in [2.45, 2.75) is 13.0 Å². The number of amides is 1. The molecule has 0 saturated carbocycles. The lowest BCUT2D eigenvalue weighted by molar-refractivity contribution is -0.136. The number of aliphatic carboxylic acids is 1. The third-order valence-corrected chi connectivity index (χ3v) is 6.49. The van der Waals surface area contributed by atoms with Crippen LogP contribution in [-0.4, -0.2) is 28.5 Å². The molecular weight excluding hydrogens is 524 g/mol. The number of hydrogen-bond acceptors (Lipinski definition) is 5. The van der Waals surface area contributed by atoms with E-state index in [1.54, 1.807) is 42.5 Å². The number of carboxylic acid groups (broad SMARTS) is 1. The molecular formula is C26H20Cl2FN3O3S. The van der Waals surface area contributed by atoms with Gasteiger partial charge in [-0.3, -0.25) is 9.59 Å². The van der Waals surface area contributed by atoms with Gasteiger partial charge in [0, 0.05) is 38.8 Å². The van der Waals surface area contributed by atoms with E-state index in [-0.39, 0.29) is 24.7 Å². The van der Waals surface area contributed by atoms with Crippen LogP contribution in [0.4, 0.5) is 15.2 Å². The van der Waals surface area contributed by atoms with Gasteiger partial charge in [0.2, 0.25) is 0 Å². The van der Waals surface area contributed by atoms with E-state index in [1.165, 1.54) is 23.5 Å². The van der Waals surface area contributed by atoms with Crippen LogP contribution in [0, 0.1) is 5.82 Å². The van der Waals surface area contributed by atoms with Crippen LogP contribution in [0.15, 0.2) is 72.1 Å².